The van der Waals surface area contributed by atoms with Crippen molar-refractivity contribution in [2.24, 2.45) is 5.92 Å². The van der Waals surface area contributed by atoms with Crippen LogP contribution >= 0.6 is 0 Å². The Kier molecular flexibility index (Phi) is 3.46. The standard InChI is InChI=1S/C16H15N7O/c17-7-11-2-5-22(6-3-11)16(24)23-9-12(8-21-23)13-1-4-18-15-14(13)19-10-20-15/h1,4,8-11H,2-3,5-6H2,(H,18,19,20). The summed E-state index contributed by atoms with van der Waals surface area (Å²) in [7, 11) is 0. The summed E-state index contributed by atoms with van der Waals surface area (Å²) in [6.45, 7) is 1.18. The average Bonchev–Trinajstić information content (AvgIpc) is 3.30. The van der Waals surface area contributed by atoms with Gasteiger partial charge in [0.2, 0.25) is 0 Å². The van der Waals surface area contributed by atoms with E-state index in [1.807, 2.05) is 6.07 Å². The molecule has 4 rings (SSSR count). The predicted octanol–water partition coefficient (Wildman–Crippen LogP) is 2.03. The minimum Gasteiger partial charge on any atom is -0.343 e. The first-order chi connectivity index (χ1) is 11.8. The van der Waals surface area contributed by atoms with Crippen LogP contribution in [0.3, 0.4) is 0 Å². The molecule has 3 aromatic heterocycles. The Hall–Kier alpha value is -3.21. The summed E-state index contributed by atoms with van der Waals surface area (Å²) >= 11 is 0. The van der Waals surface area contributed by atoms with Crippen molar-refractivity contribution >= 4 is 17.2 Å². The molecule has 1 amide bonds. The van der Waals surface area contributed by atoms with E-state index in [0.29, 0.717) is 18.7 Å². The maximum Gasteiger partial charge on any atom is 0.344 e. The topological polar surface area (TPSA) is 103 Å². The summed E-state index contributed by atoms with van der Waals surface area (Å²) in [6.07, 6.45) is 8.09. The third-order valence-corrected chi connectivity index (χ3v) is 4.36. The van der Waals surface area contributed by atoms with Gasteiger partial charge in [-0.15, -0.1) is 0 Å². The quantitative estimate of drug-likeness (QED) is 0.738. The highest BCUT2D eigenvalue weighted by Crippen LogP contribution is 2.25. The second-order valence-corrected chi connectivity index (χ2v) is 5.81. The van der Waals surface area contributed by atoms with Crippen molar-refractivity contribution in [3.8, 4) is 17.2 Å². The van der Waals surface area contributed by atoms with Gasteiger partial charge in [-0.1, -0.05) is 0 Å². The third-order valence-electron chi connectivity index (χ3n) is 4.36. The van der Waals surface area contributed by atoms with Gasteiger partial charge in [0.1, 0.15) is 0 Å². The number of hydrogen-bond acceptors (Lipinski definition) is 5. The van der Waals surface area contributed by atoms with E-state index in [0.717, 1.165) is 29.5 Å². The third kappa shape index (κ3) is 2.40. The maximum absolute atomic E-state index is 12.6. The maximum atomic E-state index is 12.6. The molecule has 0 aliphatic carbocycles. The lowest BCUT2D eigenvalue weighted by molar-refractivity contribution is 0.177. The number of H-pyrrole nitrogens is 1. The molecule has 1 aliphatic rings. The zero-order valence-electron chi connectivity index (χ0n) is 12.9. The number of carbonyl (C=O) groups excluding carboxylic acids is 1. The van der Waals surface area contributed by atoms with Crippen LogP contribution in [0.25, 0.3) is 22.3 Å². The molecule has 120 valence electrons. The van der Waals surface area contributed by atoms with E-state index in [2.05, 4.69) is 26.1 Å². The van der Waals surface area contributed by atoms with Crippen LogP contribution in [0.4, 0.5) is 4.79 Å². The van der Waals surface area contributed by atoms with Crippen LogP contribution in [-0.2, 0) is 0 Å². The number of carbonyl (C=O) groups is 1. The van der Waals surface area contributed by atoms with Gasteiger partial charge in [0, 0.05) is 42.5 Å². The van der Waals surface area contributed by atoms with Crippen molar-refractivity contribution in [3.63, 3.8) is 0 Å². The molecule has 1 fully saturated rings. The van der Waals surface area contributed by atoms with Crippen molar-refractivity contribution in [3.05, 3.63) is 31.0 Å². The van der Waals surface area contributed by atoms with Crippen LogP contribution in [0.1, 0.15) is 12.8 Å². The van der Waals surface area contributed by atoms with Crippen LogP contribution in [-0.4, -0.2) is 48.8 Å². The first-order valence-electron chi connectivity index (χ1n) is 7.78. The molecule has 1 saturated heterocycles. The summed E-state index contributed by atoms with van der Waals surface area (Å²) in [6, 6.07) is 3.97. The SMILES string of the molecule is N#CC1CCN(C(=O)n2cc(-c3ccnc4nc[nH]c34)cn2)CC1. The Morgan fingerprint density at radius 2 is 2.17 bits per heavy atom. The number of pyridine rings is 1. The van der Waals surface area contributed by atoms with Gasteiger partial charge in [-0.3, -0.25) is 0 Å². The number of imidazole rings is 1. The minimum absolute atomic E-state index is 0.0488. The number of fused-ring (bicyclic) bond motifs is 1. The van der Waals surface area contributed by atoms with E-state index >= 15 is 0 Å². The van der Waals surface area contributed by atoms with Gasteiger partial charge in [-0.2, -0.15) is 15.0 Å². The van der Waals surface area contributed by atoms with Gasteiger partial charge in [-0.05, 0) is 18.9 Å². The van der Waals surface area contributed by atoms with Crippen LogP contribution in [0, 0.1) is 17.2 Å². The average molecular weight is 321 g/mol. The number of aromatic amines is 1. The first-order valence-corrected chi connectivity index (χ1v) is 7.78. The van der Waals surface area contributed by atoms with Gasteiger partial charge >= 0.3 is 6.03 Å². The number of rotatable bonds is 1. The second kappa shape index (κ2) is 5.77. The number of aromatic nitrogens is 5. The molecule has 24 heavy (non-hydrogen) atoms. The Balaban J connectivity index is 1.58. The highest BCUT2D eigenvalue weighted by atomic mass is 16.2. The molecule has 1 aliphatic heterocycles. The molecule has 1 N–H and O–H groups in total. The lowest BCUT2D eigenvalue weighted by Gasteiger charge is -2.28. The largest absolute Gasteiger partial charge is 0.344 e. The highest BCUT2D eigenvalue weighted by molar-refractivity contribution is 5.89. The van der Waals surface area contributed by atoms with Gasteiger partial charge in [0.15, 0.2) is 5.65 Å². The molecule has 0 saturated carbocycles. The summed E-state index contributed by atoms with van der Waals surface area (Å²) < 4.78 is 1.35. The molecule has 0 unspecified atom stereocenters. The molecule has 0 spiro atoms. The molecule has 4 heterocycles. The van der Waals surface area contributed by atoms with E-state index in [4.69, 9.17) is 5.26 Å². The summed E-state index contributed by atoms with van der Waals surface area (Å²) in [5.41, 5.74) is 3.18. The predicted molar refractivity (Wildman–Crippen MR) is 85.8 cm³/mol. The zero-order chi connectivity index (χ0) is 16.5. The van der Waals surface area contributed by atoms with Crippen molar-refractivity contribution in [2.45, 2.75) is 12.8 Å². The van der Waals surface area contributed by atoms with E-state index in [1.165, 1.54) is 4.68 Å². The first kappa shape index (κ1) is 14.4. The molecule has 0 radical (unpaired) electrons. The van der Waals surface area contributed by atoms with E-state index in [-0.39, 0.29) is 11.9 Å². The number of nitriles is 1. The lowest BCUT2D eigenvalue weighted by Crippen LogP contribution is -2.40. The molecule has 3 aromatic rings. The van der Waals surface area contributed by atoms with Gasteiger partial charge < -0.3 is 9.88 Å². The van der Waals surface area contributed by atoms with Crippen LogP contribution in [0.15, 0.2) is 31.0 Å². The summed E-state index contributed by atoms with van der Waals surface area (Å²) in [4.78, 5) is 25.7. The number of likely N-dealkylation sites (tertiary alicyclic amines) is 1. The lowest BCUT2D eigenvalue weighted by atomic mass is 9.99. The Labute approximate surface area is 137 Å². The van der Waals surface area contributed by atoms with Crippen LogP contribution < -0.4 is 0 Å². The number of hydrogen-bond donors (Lipinski definition) is 1. The number of nitrogens with zero attached hydrogens (tertiary/aromatic N) is 6. The molecule has 8 heteroatoms. The van der Waals surface area contributed by atoms with Gasteiger partial charge in [0.25, 0.3) is 0 Å². The Morgan fingerprint density at radius 3 is 2.96 bits per heavy atom. The number of nitrogens with one attached hydrogen (secondary N) is 1. The molecule has 0 bridgehead atoms. The normalized spacial score (nSPS) is 15.5. The Bertz CT molecular complexity index is 927. The molecule has 8 nitrogen and oxygen atoms in total. The van der Waals surface area contributed by atoms with Crippen molar-refractivity contribution < 1.29 is 4.79 Å². The van der Waals surface area contributed by atoms with E-state index < -0.39 is 0 Å². The van der Waals surface area contributed by atoms with E-state index in [9.17, 15) is 4.79 Å². The monoisotopic (exact) mass is 321 g/mol. The number of piperidine rings is 1. The van der Waals surface area contributed by atoms with Crippen LogP contribution in [0.2, 0.25) is 0 Å². The highest BCUT2D eigenvalue weighted by Gasteiger charge is 2.24. The van der Waals surface area contributed by atoms with Crippen LogP contribution in [0.5, 0.6) is 0 Å². The summed E-state index contributed by atoms with van der Waals surface area (Å²) in [5, 5.41) is 13.2. The van der Waals surface area contributed by atoms with Crippen molar-refractivity contribution in [1.82, 2.24) is 29.6 Å². The zero-order valence-corrected chi connectivity index (χ0v) is 12.9. The fraction of sp³-hybridized carbons (Fsp3) is 0.312. The van der Waals surface area contributed by atoms with E-state index in [1.54, 1.807) is 29.8 Å². The van der Waals surface area contributed by atoms with Gasteiger partial charge in [0.05, 0.1) is 24.1 Å². The molecule has 0 atom stereocenters. The molecule has 0 aromatic carbocycles. The van der Waals surface area contributed by atoms with Gasteiger partial charge in [-0.25, -0.2) is 14.8 Å². The smallest absolute Gasteiger partial charge is 0.343 e. The van der Waals surface area contributed by atoms with Crippen molar-refractivity contribution in [1.29, 1.82) is 5.26 Å². The molecular weight excluding hydrogens is 306 g/mol. The fourth-order valence-corrected chi connectivity index (χ4v) is 3.00. The fourth-order valence-electron chi connectivity index (χ4n) is 3.00. The second-order valence-electron chi connectivity index (χ2n) is 5.81. The molecular formula is C16H15N7O. The summed E-state index contributed by atoms with van der Waals surface area (Å²) in [5.74, 6) is 0.0488. The number of amides is 1. The van der Waals surface area contributed by atoms with Crippen molar-refractivity contribution in [2.75, 3.05) is 13.1 Å². The minimum atomic E-state index is -0.160. The Morgan fingerprint density at radius 1 is 1.33 bits per heavy atom.